The number of halogens is 1. The molecule has 0 radical (unpaired) electrons. The van der Waals surface area contributed by atoms with E-state index in [1.807, 2.05) is 0 Å². The van der Waals surface area contributed by atoms with E-state index in [1.165, 1.54) is 11.8 Å². The molecule has 90 valence electrons. The summed E-state index contributed by atoms with van der Waals surface area (Å²) in [6.45, 7) is -0.0470. The maximum absolute atomic E-state index is 11.5. The van der Waals surface area contributed by atoms with Crippen molar-refractivity contribution in [1.29, 1.82) is 0 Å². The molecule has 1 fully saturated rings. The highest BCUT2D eigenvalue weighted by atomic mass is 35.5. The van der Waals surface area contributed by atoms with E-state index in [0.29, 0.717) is 11.3 Å². The fraction of sp³-hybridized carbons (Fsp3) is 0.500. The molecule has 1 saturated heterocycles. The van der Waals surface area contributed by atoms with Crippen LogP contribution in [-0.2, 0) is 9.59 Å². The highest BCUT2D eigenvalue weighted by Gasteiger charge is 2.52. The lowest BCUT2D eigenvalue weighted by Crippen LogP contribution is -2.62. The minimum atomic E-state index is -1.20. The SMILES string of the molecule is [N-]=[N+]=NCC1=C(C(=O)O)N2C(=O)[C@H](Cl)[C@H]2SC1. The first-order chi connectivity index (χ1) is 8.07. The Hall–Kier alpha value is -1.37. The van der Waals surface area contributed by atoms with Gasteiger partial charge in [0.05, 0.1) is 6.54 Å². The lowest BCUT2D eigenvalue weighted by molar-refractivity contribution is -0.145. The van der Waals surface area contributed by atoms with Crippen LogP contribution < -0.4 is 0 Å². The maximum atomic E-state index is 11.5. The van der Waals surface area contributed by atoms with E-state index in [4.69, 9.17) is 22.2 Å². The Bertz CT molecular complexity index is 473. The lowest BCUT2D eigenvalue weighted by atomic mass is 10.1. The molecule has 1 amide bonds. The van der Waals surface area contributed by atoms with Crippen molar-refractivity contribution in [2.75, 3.05) is 12.3 Å². The number of azide groups is 1. The van der Waals surface area contributed by atoms with Gasteiger partial charge in [0.2, 0.25) is 5.91 Å². The molecule has 0 saturated carbocycles. The third-order valence-electron chi connectivity index (χ3n) is 2.51. The van der Waals surface area contributed by atoms with Gasteiger partial charge in [-0.05, 0) is 11.1 Å². The quantitative estimate of drug-likeness (QED) is 0.274. The number of amides is 1. The Balaban J connectivity index is 2.36. The first-order valence-corrected chi connectivity index (χ1v) is 6.11. The summed E-state index contributed by atoms with van der Waals surface area (Å²) in [5.74, 6) is -1.21. The largest absolute Gasteiger partial charge is 0.477 e. The van der Waals surface area contributed by atoms with Gasteiger partial charge in [0.25, 0.3) is 0 Å². The van der Waals surface area contributed by atoms with Gasteiger partial charge in [0.15, 0.2) is 0 Å². The summed E-state index contributed by atoms with van der Waals surface area (Å²) in [6, 6.07) is 0. The number of nitrogens with zero attached hydrogens (tertiary/aromatic N) is 4. The Morgan fingerprint density at radius 3 is 3.06 bits per heavy atom. The molecule has 0 aliphatic carbocycles. The summed E-state index contributed by atoms with van der Waals surface area (Å²) in [4.78, 5) is 26.4. The van der Waals surface area contributed by atoms with Gasteiger partial charge in [-0.3, -0.25) is 9.69 Å². The molecule has 2 aliphatic rings. The zero-order chi connectivity index (χ0) is 12.6. The van der Waals surface area contributed by atoms with Crippen LogP contribution in [0.25, 0.3) is 10.4 Å². The number of fused-ring (bicyclic) bond motifs is 1. The molecule has 2 rings (SSSR count). The van der Waals surface area contributed by atoms with E-state index in [2.05, 4.69) is 10.0 Å². The van der Waals surface area contributed by atoms with Gasteiger partial charge >= 0.3 is 5.97 Å². The number of carbonyl (C=O) groups is 2. The minimum absolute atomic E-state index is 0.0470. The molecule has 17 heavy (non-hydrogen) atoms. The highest BCUT2D eigenvalue weighted by Crippen LogP contribution is 2.42. The molecular weight excluding hydrogens is 268 g/mol. The Kier molecular flexibility index (Phi) is 3.19. The first-order valence-electron chi connectivity index (χ1n) is 4.63. The fourth-order valence-corrected chi connectivity index (χ4v) is 3.42. The number of rotatable bonds is 3. The molecule has 2 aliphatic heterocycles. The van der Waals surface area contributed by atoms with Crippen LogP contribution in [0.3, 0.4) is 0 Å². The molecule has 0 aromatic heterocycles. The Morgan fingerprint density at radius 1 is 1.76 bits per heavy atom. The van der Waals surface area contributed by atoms with Gasteiger partial charge in [-0.2, -0.15) is 0 Å². The van der Waals surface area contributed by atoms with Gasteiger partial charge in [0.1, 0.15) is 16.4 Å². The van der Waals surface area contributed by atoms with Crippen LogP contribution in [0.2, 0.25) is 0 Å². The van der Waals surface area contributed by atoms with Crippen molar-refractivity contribution in [3.63, 3.8) is 0 Å². The second-order valence-corrected chi connectivity index (χ2v) is 5.03. The van der Waals surface area contributed by atoms with Gasteiger partial charge in [-0.25, -0.2) is 4.79 Å². The summed E-state index contributed by atoms with van der Waals surface area (Å²) < 4.78 is 0. The predicted octanol–water partition coefficient (Wildman–Crippen LogP) is 1.16. The molecule has 0 spiro atoms. The van der Waals surface area contributed by atoms with E-state index in [1.54, 1.807) is 0 Å². The van der Waals surface area contributed by atoms with Crippen LogP contribution in [0, 0.1) is 0 Å². The van der Waals surface area contributed by atoms with Crippen LogP contribution in [0.5, 0.6) is 0 Å². The van der Waals surface area contributed by atoms with Crippen molar-refractivity contribution < 1.29 is 14.7 Å². The van der Waals surface area contributed by atoms with Gasteiger partial charge in [-0.1, -0.05) is 5.11 Å². The van der Waals surface area contributed by atoms with Gasteiger partial charge in [0, 0.05) is 10.7 Å². The third kappa shape index (κ3) is 1.84. The number of hydrogen-bond donors (Lipinski definition) is 1. The summed E-state index contributed by atoms with van der Waals surface area (Å²) in [5.41, 5.74) is 8.57. The summed E-state index contributed by atoms with van der Waals surface area (Å²) in [7, 11) is 0. The normalized spacial score (nSPS) is 27.1. The van der Waals surface area contributed by atoms with Crippen LogP contribution in [-0.4, -0.2) is 44.9 Å². The molecule has 7 nitrogen and oxygen atoms in total. The van der Waals surface area contributed by atoms with Crippen LogP contribution >= 0.6 is 23.4 Å². The number of alkyl halides is 1. The third-order valence-corrected chi connectivity index (χ3v) is 4.42. The molecule has 0 aromatic carbocycles. The minimum Gasteiger partial charge on any atom is -0.477 e. The number of aliphatic carboxylic acids is 1. The number of thioether (sulfide) groups is 1. The zero-order valence-corrected chi connectivity index (χ0v) is 9.98. The highest BCUT2D eigenvalue weighted by molar-refractivity contribution is 8.00. The molecular formula is C8H7ClN4O3S. The molecule has 0 bridgehead atoms. The van der Waals surface area contributed by atoms with Crippen molar-refractivity contribution in [3.8, 4) is 0 Å². The summed E-state index contributed by atoms with van der Waals surface area (Å²) in [6.07, 6.45) is 0. The van der Waals surface area contributed by atoms with E-state index in [9.17, 15) is 9.59 Å². The standard InChI is InChI=1S/C8H7ClN4O3S/c9-4-6(14)13-5(8(15)16)3(1-11-12-10)2-17-7(4)13/h4,7H,1-2H2,(H,15,16)/t4-,7+/m0/s1. The van der Waals surface area contributed by atoms with Crippen LogP contribution in [0.15, 0.2) is 16.4 Å². The smallest absolute Gasteiger partial charge is 0.352 e. The average molecular weight is 275 g/mol. The molecule has 2 heterocycles. The average Bonchev–Trinajstić information content (AvgIpc) is 2.33. The summed E-state index contributed by atoms with van der Waals surface area (Å²) in [5, 5.41) is 11.4. The number of β-lactam (4-membered cyclic amide) rings is 1. The van der Waals surface area contributed by atoms with Crippen molar-refractivity contribution in [3.05, 3.63) is 21.7 Å². The molecule has 9 heteroatoms. The maximum Gasteiger partial charge on any atom is 0.352 e. The molecule has 1 N–H and O–H groups in total. The monoisotopic (exact) mass is 274 g/mol. The first kappa shape index (κ1) is 12.1. The lowest BCUT2D eigenvalue weighted by Gasteiger charge is -2.47. The molecule has 0 aromatic rings. The van der Waals surface area contributed by atoms with Gasteiger partial charge in [-0.15, -0.1) is 23.4 Å². The van der Waals surface area contributed by atoms with E-state index in [0.717, 1.165) is 4.90 Å². The number of carboxylic acid groups (broad SMARTS) is 1. The topological polar surface area (TPSA) is 106 Å². The van der Waals surface area contributed by atoms with E-state index >= 15 is 0 Å². The van der Waals surface area contributed by atoms with Crippen molar-refractivity contribution in [2.24, 2.45) is 5.11 Å². The van der Waals surface area contributed by atoms with Crippen molar-refractivity contribution in [1.82, 2.24) is 4.90 Å². The second kappa shape index (κ2) is 4.48. The van der Waals surface area contributed by atoms with E-state index < -0.39 is 17.3 Å². The second-order valence-electron chi connectivity index (χ2n) is 3.46. The molecule has 2 atom stereocenters. The number of carboxylic acids is 1. The fourth-order valence-electron chi connectivity index (χ4n) is 1.74. The van der Waals surface area contributed by atoms with Gasteiger partial charge < -0.3 is 5.11 Å². The summed E-state index contributed by atoms with van der Waals surface area (Å²) >= 11 is 7.16. The van der Waals surface area contributed by atoms with Crippen LogP contribution in [0.4, 0.5) is 0 Å². The number of carbonyl (C=O) groups excluding carboxylic acids is 1. The zero-order valence-electron chi connectivity index (χ0n) is 8.41. The van der Waals surface area contributed by atoms with Crippen molar-refractivity contribution in [2.45, 2.75) is 10.8 Å². The predicted molar refractivity (Wildman–Crippen MR) is 61.4 cm³/mol. The number of hydrogen-bond acceptors (Lipinski definition) is 4. The molecule has 0 unspecified atom stereocenters. The van der Waals surface area contributed by atoms with Crippen molar-refractivity contribution >= 4 is 35.2 Å². The Labute approximate surface area is 105 Å². The van der Waals surface area contributed by atoms with E-state index in [-0.39, 0.29) is 17.6 Å². The van der Waals surface area contributed by atoms with Crippen LogP contribution in [0.1, 0.15) is 0 Å². The Morgan fingerprint density at radius 2 is 2.47 bits per heavy atom.